The smallest absolute Gasteiger partial charge is 0.297 e. The second-order valence-corrected chi connectivity index (χ2v) is 3.91. The van der Waals surface area contributed by atoms with Gasteiger partial charge in [-0.15, -0.1) is 13.2 Å². The quantitative estimate of drug-likeness (QED) is 0.664. The Labute approximate surface area is 80.4 Å². The van der Waals surface area contributed by atoms with E-state index in [0.29, 0.717) is 0 Å². The number of ether oxygens (including phenoxy) is 1. The van der Waals surface area contributed by atoms with Crippen molar-refractivity contribution in [3.05, 3.63) is 0 Å². The number of hydrogen-bond donors (Lipinski definition) is 0. The Balaban J connectivity index is 2.58. The van der Waals surface area contributed by atoms with Gasteiger partial charge in [0.15, 0.2) is 5.78 Å². The second kappa shape index (κ2) is 3.88. The molecule has 0 radical (unpaired) electrons. The highest BCUT2D eigenvalue weighted by atomic mass is 19.4. The van der Waals surface area contributed by atoms with Crippen LogP contribution in [0.5, 0.6) is 0 Å². The predicted molar refractivity (Wildman–Crippen MR) is 43.5 cm³/mol. The molecule has 0 saturated heterocycles. The topological polar surface area (TPSA) is 26.3 Å². The van der Waals surface area contributed by atoms with Crippen molar-refractivity contribution in [3.63, 3.8) is 0 Å². The third kappa shape index (κ3) is 2.97. The maximum Gasteiger partial charge on any atom is 0.523 e. The lowest BCUT2D eigenvalue weighted by molar-refractivity contribution is -0.340. The molecule has 0 aromatic carbocycles. The minimum atomic E-state index is -4.71. The summed E-state index contributed by atoms with van der Waals surface area (Å²) in [6.45, 7) is 3.70. The van der Waals surface area contributed by atoms with Crippen LogP contribution < -0.4 is 0 Å². The fourth-order valence-corrected chi connectivity index (χ4v) is 1.63. The van der Waals surface area contributed by atoms with Gasteiger partial charge in [0.1, 0.15) is 6.10 Å². The Bertz CT molecular complexity index is 225. The number of halogens is 3. The first-order valence-corrected chi connectivity index (χ1v) is 4.57. The van der Waals surface area contributed by atoms with E-state index in [9.17, 15) is 18.0 Å². The van der Waals surface area contributed by atoms with E-state index in [4.69, 9.17) is 0 Å². The van der Waals surface area contributed by atoms with E-state index in [0.717, 1.165) is 0 Å². The first-order chi connectivity index (χ1) is 6.29. The van der Waals surface area contributed by atoms with E-state index >= 15 is 0 Å². The molecule has 1 aliphatic rings. The molecule has 5 heteroatoms. The minimum Gasteiger partial charge on any atom is -0.297 e. The molecule has 1 rings (SSSR count). The molecule has 0 aliphatic heterocycles. The fraction of sp³-hybridized carbons (Fsp3) is 0.889. The van der Waals surface area contributed by atoms with E-state index in [2.05, 4.69) is 4.74 Å². The third-order valence-corrected chi connectivity index (χ3v) is 2.72. The van der Waals surface area contributed by atoms with Crippen molar-refractivity contribution in [2.24, 2.45) is 11.8 Å². The molecule has 1 aliphatic carbocycles. The van der Waals surface area contributed by atoms with Crippen LogP contribution >= 0.6 is 0 Å². The van der Waals surface area contributed by atoms with Crippen molar-refractivity contribution < 1.29 is 22.7 Å². The summed E-state index contributed by atoms with van der Waals surface area (Å²) >= 11 is 0. The lowest BCUT2D eigenvalue weighted by atomic mass is 9.79. The molecule has 0 bridgehead atoms. The number of alkyl halides is 3. The van der Waals surface area contributed by atoms with Crippen LogP contribution in [-0.2, 0) is 9.53 Å². The van der Waals surface area contributed by atoms with Gasteiger partial charge < -0.3 is 0 Å². The van der Waals surface area contributed by atoms with E-state index in [1.165, 1.54) is 0 Å². The monoisotopic (exact) mass is 210 g/mol. The molecule has 0 spiro atoms. The Kier molecular flexibility index (Phi) is 3.19. The molecule has 0 aromatic rings. The van der Waals surface area contributed by atoms with Gasteiger partial charge in [0.2, 0.25) is 0 Å². The Morgan fingerprint density at radius 3 is 2.36 bits per heavy atom. The first kappa shape index (κ1) is 11.5. The zero-order valence-electron chi connectivity index (χ0n) is 8.10. The summed E-state index contributed by atoms with van der Waals surface area (Å²) in [6.07, 6.45) is -5.65. The van der Waals surface area contributed by atoms with E-state index < -0.39 is 18.2 Å². The predicted octanol–water partition coefficient (Wildman–Crippen LogP) is 2.53. The maximum absolute atomic E-state index is 11.9. The van der Waals surface area contributed by atoms with Gasteiger partial charge in [-0.1, -0.05) is 13.8 Å². The van der Waals surface area contributed by atoms with Gasteiger partial charge in [-0.25, -0.2) is 0 Å². The SMILES string of the molecule is CC1CC(=O)C(OC(F)(F)F)CC1C. The standard InChI is InChI=1S/C9H13F3O2/c1-5-3-7(13)8(4-6(5)2)14-9(10,11)12/h5-6,8H,3-4H2,1-2H3. The van der Waals surface area contributed by atoms with Crippen molar-refractivity contribution >= 4 is 5.78 Å². The van der Waals surface area contributed by atoms with Gasteiger partial charge in [0.25, 0.3) is 0 Å². The summed E-state index contributed by atoms with van der Waals surface area (Å²) in [5.41, 5.74) is 0. The molecule has 3 atom stereocenters. The van der Waals surface area contributed by atoms with Gasteiger partial charge >= 0.3 is 6.36 Å². The Morgan fingerprint density at radius 2 is 1.86 bits per heavy atom. The largest absolute Gasteiger partial charge is 0.523 e. The molecule has 0 heterocycles. The summed E-state index contributed by atoms with van der Waals surface area (Å²) in [6, 6.07) is 0. The van der Waals surface area contributed by atoms with Crippen molar-refractivity contribution in [2.75, 3.05) is 0 Å². The molecular formula is C9H13F3O2. The average molecular weight is 210 g/mol. The zero-order valence-corrected chi connectivity index (χ0v) is 8.10. The van der Waals surface area contributed by atoms with Crippen LogP contribution in [0, 0.1) is 11.8 Å². The van der Waals surface area contributed by atoms with Gasteiger partial charge in [-0.05, 0) is 18.3 Å². The average Bonchev–Trinajstić information content (AvgIpc) is 1.97. The highest BCUT2D eigenvalue weighted by Crippen LogP contribution is 2.32. The normalized spacial score (nSPS) is 34.6. The fourth-order valence-electron chi connectivity index (χ4n) is 1.63. The first-order valence-electron chi connectivity index (χ1n) is 4.57. The molecule has 3 unspecified atom stereocenters. The van der Waals surface area contributed by atoms with Crippen LogP contribution in [0.3, 0.4) is 0 Å². The molecule has 14 heavy (non-hydrogen) atoms. The zero-order chi connectivity index (χ0) is 10.9. The van der Waals surface area contributed by atoms with E-state index in [1.807, 2.05) is 13.8 Å². The highest BCUT2D eigenvalue weighted by molar-refractivity contribution is 5.84. The molecule has 82 valence electrons. The third-order valence-electron chi connectivity index (χ3n) is 2.72. The summed E-state index contributed by atoms with van der Waals surface area (Å²) in [5.74, 6) is -0.191. The van der Waals surface area contributed by atoms with Crippen LogP contribution in [0.25, 0.3) is 0 Å². The van der Waals surface area contributed by atoms with Crippen molar-refractivity contribution in [2.45, 2.75) is 39.2 Å². The second-order valence-electron chi connectivity index (χ2n) is 3.91. The molecule has 0 aromatic heterocycles. The van der Waals surface area contributed by atoms with Gasteiger partial charge in [-0.3, -0.25) is 9.53 Å². The number of ketones is 1. The minimum absolute atomic E-state index is 0.0973. The lowest BCUT2D eigenvalue weighted by Gasteiger charge is -2.30. The number of carbonyl (C=O) groups is 1. The van der Waals surface area contributed by atoms with Crippen molar-refractivity contribution in [3.8, 4) is 0 Å². The number of rotatable bonds is 1. The molecule has 2 nitrogen and oxygen atoms in total. The Morgan fingerprint density at radius 1 is 1.29 bits per heavy atom. The van der Waals surface area contributed by atoms with Crippen LogP contribution in [-0.4, -0.2) is 18.2 Å². The lowest BCUT2D eigenvalue weighted by Crippen LogP contribution is -2.38. The summed E-state index contributed by atoms with van der Waals surface area (Å²) in [7, 11) is 0. The number of carbonyl (C=O) groups excluding carboxylic acids is 1. The number of hydrogen-bond acceptors (Lipinski definition) is 2. The summed E-state index contributed by atoms with van der Waals surface area (Å²) < 4.78 is 39.3. The molecular weight excluding hydrogens is 197 g/mol. The maximum atomic E-state index is 11.9. The van der Waals surface area contributed by atoms with Crippen LogP contribution in [0.1, 0.15) is 26.7 Å². The van der Waals surface area contributed by atoms with Crippen molar-refractivity contribution in [1.82, 2.24) is 0 Å². The van der Waals surface area contributed by atoms with Crippen LogP contribution in [0.2, 0.25) is 0 Å². The highest BCUT2D eigenvalue weighted by Gasteiger charge is 2.40. The number of Topliss-reactive ketones (excluding diaryl/α,β-unsaturated/α-hetero) is 1. The van der Waals surface area contributed by atoms with Crippen LogP contribution in [0.15, 0.2) is 0 Å². The Hall–Kier alpha value is -0.580. The molecule has 1 saturated carbocycles. The molecule has 1 fully saturated rings. The van der Waals surface area contributed by atoms with Crippen LogP contribution in [0.4, 0.5) is 13.2 Å². The van der Waals surface area contributed by atoms with Crippen molar-refractivity contribution in [1.29, 1.82) is 0 Å². The molecule has 0 N–H and O–H groups in total. The van der Waals surface area contributed by atoms with Gasteiger partial charge in [0, 0.05) is 6.42 Å². The van der Waals surface area contributed by atoms with E-state index in [1.54, 1.807) is 0 Å². The molecule has 0 amide bonds. The summed E-state index contributed by atoms with van der Waals surface area (Å²) in [5, 5.41) is 0. The van der Waals surface area contributed by atoms with E-state index in [-0.39, 0.29) is 24.7 Å². The summed E-state index contributed by atoms with van der Waals surface area (Å²) in [4.78, 5) is 11.2. The van der Waals surface area contributed by atoms with Gasteiger partial charge in [-0.2, -0.15) is 0 Å². The van der Waals surface area contributed by atoms with Gasteiger partial charge in [0.05, 0.1) is 0 Å².